The summed E-state index contributed by atoms with van der Waals surface area (Å²) in [7, 11) is -6.00. The molecular weight excluding hydrogens is 275 g/mol. The number of benzene rings is 1. The first-order chi connectivity index (χ1) is 9.40. The Morgan fingerprint density at radius 3 is 2.25 bits per heavy atom. The van der Waals surface area contributed by atoms with E-state index in [1.54, 1.807) is 12.5 Å². The van der Waals surface area contributed by atoms with Crippen LogP contribution in [0.4, 0.5) is 17.3 Å². The van der Waals surface area contributed by atoms with E-state index in [2.05, 4.69) is 10.9 Å². The van der Waals surface area contributed by atoms with E-state index in [1.165, 1.54) is 0 Å². The van der Waals surface area contributed by atoms with Crippen LogP contribution in [0.15, 0.2) is 43.0 Å². The van der Waals surface area contributed by atoms with E-state index in [-0.39, 0.29) is 0 Å². The van der Waals surface area contributed by atoms with Gasteiger partial charge in [0.15, 0.2) is 0 Å². The fourth-order valence-corrected chi connectivity index (χ4v) is 1.25. The fraction of sp³-hybridized carbons (Fsp3) is 0.0833. The van der Waals surface area contributed by atoms with Crippen molar-refractivity contribution in [1.29, 1.82) is 0 Å². The lowest BCUT2D eigenvalue weighted by Crippen LogP contribution is -2.02. The van der Waals surface area contributed by atoms with Crippen LogP contribution in [0.5, 0.6) is 5.75 Å². The first kappa shape index (κ1) is 15.6. The van der Waals surface area contributed by atoms with Crippen LogP contribution in [0.25, 0.3) is 5.69 Å². The van der Waals surface area contributed by atoms with E-state index in [4.69, 9.17) is 11.2 Å². The molecular formula is C12H10BF4N2O-. The third-order valence-corrected chi connectivity index (χ3v) is 1.96. The Bertz CT molecular complexity index is 540. The molecule has 8 heteroatoms. The molecule has 0 radical (unpaired) electrons. The molecule has 0 saturated heterocycles. The van der Waals surface area contributed by atoms with Gasteiger partial charge in [-0.1, -0.05) is 5.92 Å². The van der Waals surface area contributed by atoms with Gasteiger partial charge in [-0.15, -0.1) is 6.42 Å². The van der Waals surface area contributed by atoms with E-state index >= 15 is 0 Å². The van der Waals surface area contributed by atoms with Gasteiger partial charge in [-0.05, 0) is 24.3 Å². The second kappa shape index (κ2) is 7.23. The Kier molecular flexibility index (Phi) is 5.65. The SMILES string of the molecule is C#CCOc1ccc(-n2ccnc2)cc1.F[B-](F)(F)F. The minimum Gasteiger partial charge on any atom is -0.481 e. The zero-order valence-electron chi connectivity index (χ0n) is 10.2. The number of aromatic nitrogens is 2. The van der Waals surface area contributed by atoms with Crippen LogP contribution in [0, 0.1) is 12.3 Å². The van der Waals surface area contributed by atoms with E-state index in [0.29, 0.717) is 6.61 Å². The molecule has 0 atom stereocenters. The van der Waals surface area contributed by atoms with Crippen molar-refractivity contribution in [2.45, 2.75) is 0 Å². The first-order valence-corrected chi connectivity index (χ1v) is 5.42. The summed E-state index contributed by atoms with van der Waals surface area (Å²) in [5.74, 6) is 3.20. The molecule has 0 aliphatic heterocycles. The number of ether oxygens (including phenoxy) is 1. The molecule has 0 bridgehead atoms. The minimum atomic E-state index is -6.00. The molecule has 1 heterocycles. The maximum atomic E-state index is 9.75. The molecule has 106 valence electrons. The molecule has 0 unspecified atom stereocenters. The lowest BCUT2D eigenvalue weighted by molar-refractivity contribution is 0.368. The second-order valence-electron chi connectivity index (χ2n) is 3.45. The van der Waals surface area contributed by atoms with E-state index in [1.807, 2.05) is 35.0 Å². The monoisotopic (exact) mass is 285 g/mol. The van der Waals surface area contributed by atoms with Gasteiger partial charge in [0, 0.05) is 18.1 Å². The third kappa shape index (κ3) is 6.49. The van der Waals surface area contributed by atoms with Crippen LogP contribution in [0.1, 0.15) is 0 Å². The van der Waals surface area contributed by atoms with Gasteiger partial charge in [-0.3, -0.25) is 0 Å². The molecule has 20 heavy (non-hydrogen) atoms. The van der Waals surface area contributed by atoms with E-state index < -0.39 is 7.25 Å². The predicted octanol–water partition coefficient (Wildman–Crippen LogP) is 3.18. The van der Waals surface area contributed by atoms with Gasteiger partial charge in [0.05, 0.1) is 6.33 Å². The van der Waals surface area contributed by atoms with Crippen molar-refractivity contribution >= 4 is 7.25 Å². The normalized spacial score (nSPS) is 10.2. The summed E-state index contributed by atoms with van der Waals surface area (Å²) < 4.78 is 46.2. The van der Waals surface area contributed by atoms with Gasteiger partial charge in [0.25, 0.3) is 0 Å². The van der Waals surface area contributed by atoms with Crippen molar-refractivity contribution in [2.75, 3.05) is 6.61 Å². The zero-order chi connectivity index (χ0) is 15.0. The molecule has 0 aliphatic carbocycles. The number of hydrogen-bond acceptors (Lipinski definition) is 2. The van der Waals surface area contributed by atoms with Crippen molar-refractivity contribution in [3.05, 3.63) is 43.0 Å². The summed E-state index contributed by atoms with van der Waals surface area (Å²) in [6.45, 7) is 0.296. The van der Waals surface area contributed by atoms with Crippen molar-refractivity contribution in [3.63, 3.8) is 0 Å². The van der Waals surface area contributed by atoms with Gasteiger partial charge in [0.1, 0.15) is 12.4 Å². The lowest BCUT2D eigenvalue weighted by atomic mass is 10.3. The number of nitrogens with zero attached hydrogens (tertiary/aromatic N) is 2. The van der Waals surface area contributed by atoms with Crippen LogP contribution in [-0.4, -0.2) is 23.4 Å². The summed E-state index contributed by atoms with van der Waals surface area (Å²) in [6.07, 6.45) is 10.5. The van der Waals surface area contributed by atoms with Crippen molar-refractivity contribution in [2.24, 2.45) is 0 Å². The quantitative estimate of drug-likeness (QED) is 0.492. The minimum absolute atomic E-state index is 0.296. The summed E-state index contributed by atoms with van der Waals surface area (Å²) in [5, 5.41) is 0. The van der Waals surface area contributed by atoms with Crippen LogP contribution < -0.4 is 4.74 Å². The Hall–Kier alpha value is -2.43. The van der Waals surface area contributed by atoms with Crippen LogP contribution in [-0.2, 0) is 0 Å². The molecule has 0 spiro atoms. The Morgan fingerprint density at radius 2 is 1.80 bits per heavy atom. The topological polar surface area (TPSA) is 27.1 Å². The number of halogens is 4. The average molecular weight is 285 g/mol. The number of imidazole rings is 1. The third-order valence-electron chi connectivity index (χ3n) is 1.96. The second-order valence-corrected chi connectivity index (χ2v) is 3.45. The first-order valence-electron chi connectivity index (χ1n) is 5.42. The maximum absolute atomic E-state index is 9.75. The zero-order valence-corrected chi connectivity index (χ0v) is 10.2. The molecule has 1 aromatic carbocycles. The molecule has 1 aromatic heterocycles. The summed E-state index contributed by atoms with van der Waals surface area (Å²) in [5.41, 5.74) is 1.04. The maximum Gasteiger partial charge on any atom is 0.673 e. The van der Waals surface area contributed by atoms with Gasteiger partial charge >= 0.3 is 7.25 Å². The van der Waals surface area contributed by atoms with Gasteiger partial charge < -0.3 is 26.6 Å². The largest absolute Gasteiger partial charge is 0.673 e. The average Bonchev–Trinajstić information content (AvgIpc) is 2.89. The summed E-state index contributed by atoms with van der Waals surface area (Å²) >= 11 is 0. The molecule has 0 aliphatic rings. The highest BCUT2D eigenvalue weighted by Gasteiger charge is 2.20. The van der Waals surface area contributed by atoms with Crippen molar-refractivity contribution in [1.82, 2.24) is 9.55 Å². The van der Waals surface area contributed by atoms with Gasteiger partial charge in [-0.25, -0.2) is 4.98 Å². The lowest BCUT2D eigenvalue weighted by Gasteiger charge is -2.04. The van der Waals surface area contributed by atoms with Crippen LogP contribution in [0.3, 0.4) is 0 Å². The molecule has 2 aromatic rings. The highest BCUT2D eigenvalue weighted by atomic mass is 19.5. The van der Waals surface area contributed by atoms with E-state index in [9.17, 15) is 17.3 Å². The van der Waals surface area contributed by atoms with Gasteiger partial charge in [-0.2, -0.15) is 0 Å². The smallest absolute Gasteiger partial charge is 0.481 e. The van der Waals surface area contributed by atoms with Crippen molar-refractivity contribution in [3.8, 4) is 23.8 Å². The molecule has 0 amide bonds. The number of terminal acetylenes is 1. The van der Waals surface area contributed by atoms with Gasteiger partial charge in [0.2, 0.25) is 0 Å². The molecule has 2 rings (SSSR count). The fourth-order valence-electron chi connectivity index (χ4n) is 1.25. The van der Waals surface area contributed by atoms with Crippen LogP contribution in [0.2, 0.25) is 0 Å². The Balaban J connectivity index is 0.000000347. The Labute approximate surface area is 113 Å². The van der Waals surface area contributed by atoms with E-state index in [0.717, 1.165) is 11.4 Å². The molecule has 3 nitrogen and oxygen atoms in total. The molecule has 0 N–H and O–H groups in total. The van der Waals surface area contributed by atoms with Crippen molar-refractivity contribution < 1.29 is 22.0 Å². The Morgan fingerprint density at radius 1 is 1.20 bits per heavy atom. The highest BCUT2D eigenvalue weighted by molar-refractivity contribution is 6.50. The molecule has 0 saturated carbocycles. The molecule has 0 fully saturated rings. The van der Waals surface area contributed by atoms with Crippen LogP contribution >= 0.6 is 0 Å². The number of rotatable bonds is 3. The standard InChI is InChI=1S/C12H10N2O.BF4/c1-2-9-15-12-5-3-11(4-6-12)14-8-7-13-10-14;2-1(3,4)5/h1,3-8,10H,9H2;/q;-1. The summed E-state index contributed by atoms with van der Waals surface area (Å²) in [6, 6.07) is 7.67. The predicted molar refractivity (Wildman–Crippen MR) is 68.1 cm³/mol. The number of hydrogen-bond donors (Lipinski definition) is 0. The highest BCUT2D eigenvalue weighted by Crippen LogP contribution is 2.14. The summed E-state index contributed by atoms with van der Waals surface area (Å²) in [4.78, 5) is 3.98.